The number of fused-ring (bicyclic) bond motifs is 2. The lowest BCUT2D eigenvalue weighted by atomic mass is 9.87. The Kier molecular flexibility index (Phi) is 7.91. The van der Waals surface area contributed by atoms with Gasteiger partial charge in [0.2, 0.25) is 0 Å². The summed E-state index contributed by atoms with van der Waals surface area (Å²) in [5.41, 5.74) is 7.54. The first-order valence-electron chi connectivity index (χ1n) is 16.1. The molecule has 1 unspecified atom stereocenters. The van der Waals surface area contributed by atoms with Crippen LogP contribution in [0.25, 0.3) is 21.8 Å². The van der Waals surface area contributed by atoms with Crippen LogP contribution >= 0.6 is 17.2 Å². The molecular weight excluding hydrogens is 598 g/mol. The minimum absolute atomic E-state index is 0.164. The minimum Gasteiger partial charge on any atom is -0.300 e. The van der Waals surface area contributed by atoms with Crippen molar-refractivity contribution in [2.24, 2.45) is 0 Å². The number of para-hydroxylation sites is 2. The normalized spacial score (nSPS) is 16.6. The molecule has 4 aromatic carbocycles. The molecule has 1 aliphatic rings. The van der Waals surface area contributed by atoms with Crippen LogP contribution in [0.5, 0.6) is 0 Å². The van der Waals surface area contributed by atoms with E-state index in [0.29, 0.717) is 18.6 Å². The van der Waals surface area contributed by atoms with Gasteiger partial charge in [-0.3, -0.25) is 14.8 Å². The lowest BCUT2D eigenvalue weighted by molar-refractivity contribution is -0.120. The molecule has 0 saturated carbocycles. The van der Waals surface area contributed by atoms with Gasteiger partial charge in [-0.1, -0.05) is 133 Å². The number of pyridine rings is 2. The van der Waals surface area contributed by atoms with Crippen LogP contribution in [0, 0.1) is 0 Å². The van der Waals surface area contributed by atoms with Crippen molar-refractivity contribution in [3.05, 3.63) is 149 Å². The number of nitrogens with zero attached hydrogens (tertiary/aromatic N) is 2. The second-order valence-electron chi connectivity index (χ2n) is 14.0. The molecule has 0 bridgehead atoms. The Labute approximate surface area is 275 Å². The summed E-state index contributed by atoms with van der Waals surface area (Å²) in [5.74, 6) is 0.362. The van der Waals surface area contributed by atoms with Crippen molar-refractivity contribution in [2.75, 3.05) is 0 Å². The maximum Gasteiger partial charge on any atom is 0.134 e. The van der Waals surface area contributed by atoms with Crippen LogP contribution < -0.4 is 5.30 Å². The van der Waals surface area contributed by atoms with Crippen molar-refractivity contribution in [3.8, 4) is 0 Å². The van der Waals surface area contributed by atoms with Crippen molar-refractivity contribution in [2.45, 2.75) is 62.4 Å². The molecule has 0 aliphatic carbocycles. The molecule has 230 valence electrons. The number of hydrogen-bond donors (Lipinski definition) is 0. The van der Waals surface area contributed by atoms with Gasteiger partial charge in [-0.15, -0.1) is 9.24 Å². The molecule has 5 heteroatoms. The zero-order chi connectivity index (χ0) is 32.1. The highest BCUT2D eigenvalue weighted by atomic mass is 31.1. The number of hydrogen-bond acceptors (Lipinski definition) is 3. The van der Waals surface area contributed by atoms with E-state index in [1.54, 1.807) is 0 Å². The van der Waals surface area contributed by atoms with E-state index in [4.69, 9.17) is 9.97 Å². The van der Waals surface area contributed by atoms with Gasteiger partial charge in [0.05, 0.1) is 27.6 Å². The maximum absolute atomic E-state index is 13.1. The monoisotopic (exact) mass is 638 g/mol. The van der Waals surface area contributed by atoms with Crippen LogP contribution in [0.3, 0.4) is 0 Å². The lowest BCUT2D eigenvalue weighted by Gasteiger charge is -2.50. The van der Waals surface area contributed by atoms with Gasteiger partial charge in [-0.05, 0) is 63.0 Å². The summed E-state index contributed by atoms with van der Waals surface area (Å²) < 4.78 is 0. The van der Waals surface area contributed by atoms with Crippen LogP contribution in [-0.4, -0.2) is 26.1 Å². The second kappa shape index (κ2) is 11.8. The van der Waals surface area contributed by atoms with Crippen molar-refractivity contribution in [3.63, 3.8) is 0 Å². The number of rotatable bonds is 6. The van der Waals surface area contributed by atoms with Gasteiger partial charge < -0.3 is 0 Å². The average molecular weight is 639 g/mol. The van der Waals surface area contributed by atoms with Crippen molar-refractivity contribution < 1.29 is 4.79 Å². The van der Waals surface area contributed by atoms with Crippen molar-refractivity contribution in [1.29, 1.82) is 0 Å². The first-order chi connectivity index (χ1) is 22.0. The van der Waals surface area contributed by atoms with Gasteiger partial charge in [0.15, 0.2) is 0 Å². The Morgan fingerprint density at radius 2 is 1.17 bits per heavy atom. The standard InChI is InChI=1S/C41H40N2OP2/c1-39(2)26-32(44)27-40(3,4)46(39)36-21-18-29(24-28-12-6-5-7-13-28)25-33(36)41(45,37-22-19-30-14-8-10-16-34(30)42-37)38-23-20-31-15-9-11-17-35(31)43-38/h5-23,25H,24,26-27,45H2,1-4H3. The predicted octanol–water partition coefficient (Wildman–Crippen LogP) is 9.57. The number of ketones is 1. The van der Waals surface area contributed by atoms with Crippen LogP contribution in [0.4, 0.5) is 0 Å². The van der Waals surface area contributed by atoms with Gasteiger partial charge in [-0.2, -0.15) is 0 Å². The quantitative estimate of drug-likeness (QED) is 0.171. The molecular formula is C41H40N2OP2. The summed E-state index contributed by atoms with van der Waals surface area (Å²) in [5, 5.41) is 2.48. The molecule has 7 rings (SSSR count). The van der Waals surface area contributed by atoms with E-state index in [9.17, 15) is 4.79 Å². The fourth-order valence-electron chi connectivity index (χ4n) is 7.67. The Hall–Kier alpha value is -3.77. The third kappa shape index (κ3) is 5.59. The molecule has 1 atom stereocenters. The summed E-state index contributed by atoms with van der Waals surface area (Å²) in [6, 6.07) is 43.1. The molecule has 0 radical (unpaired) electrons. The first-order valence-corrected chi connectivity index (χ1v) is 18.0. The SMILES string of the molecule is CC1(C)CC(=O)CC(C)(C)P1c1ccc(Cc2ccccc2)cc1C(P)(c1ccc2ccccc2n1)c1ccc2ccccc2n1. The predicted molar refractivity (Wildman–Crippen MR) is 198 cm³/mol. The number of aromatic nitrogens is 2. The zero-order valence-electron chi connectivity index (χ0n) is 27.0. The van der Waals surface area contributed by atoms with Crippen LogP contribution in [-0.2, 0) is 16.4 Å². The second-order valence-corrected chi connectivity index (χ2v) is 18.4. The van der Waals surface area contributed by atoms with E-state index in [1.807, 2.05) is 0 Å². The topological polar surface area (TPSA) is 42.9 Å². The third-order valence-corrected chi connectivity index (χ3v) is 14.0. The number of carbonyl (C=O) groups excluding carboxylic acids is 1. The Morgan fingerprint density at radius 3 is 1.74 bits per heavy atom. The van der Waals surface area contributed by atoms with E-state index in [0.717, 1.165) is 39.6 Å². The number of carbonyl (C=O) groups is 1. The molecule has 6 aromatic rings. The molecule has 0 N–H and O–H groups in total. The summed E-state index contributed by atoms with van der Waals surface area (Å²) in [6.45, 7) is 9.19. The lowest BCUT2D eigenvalue weighted by Crippen LogP contribution is -2.45. The fraction of sp³-hybridized carbons (Fsp3) is 0.244. The molecule has 3 heterocycles. The van der Waals surface area contributed by atoms with Gasteiger partial charge in [-0.25, -0.2) is 0 Å². The van der Waals surface area contributed by atoms with E-state index >= 15 is 0 Å². The Morgan fingerprint density at radius 1 is 0.652 bits per heavy atom. The molecule has 1 saturated heterocycles. The summed E-state index contributed by atoms with van der Waals surface area (Å²) >= 11 is 0. The average Bonchev–Trinajstić information content (AvgIpc) is 3.03. The van der Waals surface area contributed by atoms with Gasteiger partial charge >= 0.3 is 0 Å². The highest BCUT2D eigenvalue weighted by Gasteiger charge is 2.50. The largest absolute Gasteiger partial charge is 0.300 e. The molecule has 46 heavy (non-hydrogen) atoms. The third-order valence-electron chi connectivity index (χ3n) is 9.45. The van der Waals surface area contributed by atoms with Crippen molar-refractivity contribution in [1.82, 2.24) is 9.97 Å². The summed E-state index contributed by atoms with van der Waals surface area (Å²) in [4.78, 5) is 23.8. The fourth-order valence-corrected chi connectivity index (χ4v) is 12.7. The summed E-state index contributed by atoms with van der Waals surface area (Å²) in [6.07, 6.45) is 2.02. The van der Waals surface area contributed by atoms with Crippen LogP contribution in [0.15, 0.2) is 121 Å². The van der Waals surface area contributed by atoms with Crippen LogP contribution in [0.2, 0.25) is 0 Å². The van der Waals surface area contributed by atoms with Gasteiger partial charge in [0, 0.05) is 23.6 Å². The van der Waals surface area contributed by atoms with Crippen molar-refractivity contribution >= 4 is 50.1 Å². The molecule has 1 aliphatic heterocycles. The molecule has 1 fully saturated rings. The summed E-state index contributed by atoms with van der Waals surface area (Å²) in [7, 11) is 2.48. The maximum atomic E-state index is 13.1. The number of Topliss-reactive ketones (excluding diaryl/α,β-unsaturated/α-hetero) is 1. The highest BCUT2D eigenvalue weighted by molar-refractivity contribution is 7.69. The van der Waals surface area contributed by atoms with Gasteiger partial charge in [0.1, 0.15) is 5.78 Å². The van der Waals surface area contributed by atoms with Crippen LogP contribution in [0.1, 0.15) is 68.6 Å². The minimum atomic E-state index is -0.776. The highest BCUT2D eigenvalue weighted by Crippen LogP contribution is 2.65. The Bertz CT molecular complexity index is 1990. The van der Waals surface area contributed by atoms with E-state index < -0.39 is 13.1 Å². The smallest absolute Gasteiger partial charge is 0.134 e. The van der Waals surface area contributed by atoms with E-state index in [2.05, 4.69) is 158 Å². The van der Waals surface area contributed by atoms with Gasteiger partial charge in [0.25, 0.3) is 0 Å². The molecule has 0 spiro atoms. The molecule has 3 nitrogen and oxygen atoms in total. The Balaban J connectivity index is 1.54. The van der Waals surface area contributed by atoms with E-state index in [-0.39, 0.29) is 10.3 Å². The zero-order valence-corrected chi connectivity index (χ0v) is 29.0. The molecule has 0 amide bonds. The molecule has 2 aromatic heterocycles. The number of benzene rings is 4. The van der Waals surface area contributed by atoms with E-state index in [1.165, 1.54) is 22.0 Å². The first kappa shape index (κ1) is 30.9.